The zero-order chi connectivity index (χ0) is 20.3. The predicted molar refractivity (Wildman–Crippen MR) is 103 cm³/mol. The molecule has 0 saturated carbocycles. The second-order valence-electron chi connectivity index (χ2n) is 6.70. The molecule has 1 atom stereocenters. The van der Waals surface area contributed by atoms with Crippen molar-refractivity contribution in [3.63, 3.8) is 0 Å². The summed E-state index contributed by atoms with van der Waals surface area (Å²) in [7, 11) is -3.62. The molecule has 5 nitrogen and oxygen atoms in total. The van der Waals surface area contributed by atoms with Gasteiger partial charge < -0.3 is 5.32 Å². The van der Waals surface area contributed by atoms with Crippen molar-refractivity contribution >= 4 is 33.2 Å². The summed E-state index contributed by atoms with van der Waals surface area (Å²) in [5, 5.41) is 2.98. The number of carbonyl (C=O) groups excluding carboxylic acids is 1. The molecule has 1 N–H and O–H groups in total. The average molecular weight is 429 g/mol. The lowest BCUT2D eigenvalue weighted by Gasteiger charge is -2.31. The molecule has 1 aliphatic heterocycles. The zero-order valence-corrected chi connectivity index (χ0v) is 16.4. The molecule has 0 spiro atoms. The quantitative estimate of drug-likeness (QED) is 0.787. The van der Waals surface area contributed by atoms with Gasteiger partial charge in [0, 0.05) is 29.9 Å². The molecular weight excluding hydrogens is 410 g/mol. The molecule has 1 amide bonds. The minimum Gasteiger partial charge on any atom is -0.326 e. The fourth-order valence-corrected chi connectivity index (χ4v) is 4.97. The third-order valence-electron chi connectivity index (χ3n) is 4.57. The molecule has 9 heteroatoms. The van der Waals surface area contributed by atoms with Gasteiger partial charge in [0.05, 0.1) is 11.7 Å². The van der Waals surface area contributed by atoms with Crippen LogP contribution in [0.25, 0.3) is 0 Å². The molecule has 0 radical (unpaired) electrons. The summed E-state index contributed by atoms with van der Waals surface area (Å²) < 4.78 is 53.1. The van der Waals surface area contributed by atoms with Crippen molar-refractivity contribution < 1.29 is 22.0 Å². The second-order valence-corrected chi connectivity index (χ2v) is 9.11. The van der Waals surface area contributed by atoms with Crippen molar-refractivity contribution in [2.75, 3.05) is 18.4 Å². The monoisotopic (exact) mass is 428 g/mol. The van der Waals surface area contributed by atoms with Crippen LogP contribution in [0.5, 0.6) is 0 Å². The summed E-state index contributed by atoms with van der Waals surface area (Å²) in [6, 6.07) is 9.69. The summed E-state index contributed by atoms with van der Waals surface area (Å²) in [4.78, 5) is 12.5. The molecule has 150 valence electrons. The normalized spacial score (nSPS) is 18.0. The van der Waals surface area contributed by atoms with E-state index in [1.807, 2.05) is 0 Å². The molecule has 0 unspecified atom stereocenters. The Hall–Kier alpha value is -2.03. The van der Waals surface area contributed by atoms with E-state index in [2.05, 4.69) is 5.32 Å². The Labute approximate surface area is 167 Å². The predicted octanol–water partition coefficient (Wildman–Crippen LogP) is 3.80. The lowest BCUT2D eigenvalue weighted by molar-refractivity contribution is -0.120. The fourth-order valence-electron chi connectivity index (χ4n) is 3.16. The Morgan fingerprint density at radius 3 is 2.68 bits per heavy atom. The largest absolute Gasteiger partial charge is 0.326 e. The summed E-state index contributed by atoms with van der Waals surface area (Å²) in [6.07, 6.45) is 1.04. The van der Waals surface area contributed by atoms with Gasteiger partial charge in [-0.25, -0.2) is 21.5 Å². The van der Waals surface area contributed by atoms with Gasteiger partial charge in [-0.15, -0.1) is 0 Å². The standard InChI is InChI=1S/C19H19ClF2N2O3S/c20-15-5-1-3-13(9-15)12-28(26,27)24-8-2-4-14(11-24)19(25)23-16-6-7-17(21)18(22)10-16/h1,3,5-7,9-10,14H,2,4,8,11-12H2,(H,23,25)/t14-/m1/s1. The highest BCUT2D eigenvalue weighted by molar-refractivity contribution is 7.88. The number of benzene rings is 2. The smallest absolute Gasteiger partial charge is 0.228 e. The maximum atomic E-state index is 13.3. The molecule has 1 aliphatic rings. The van der Waals surface area contributed by atoms with E-state index in [4.69, 9.17) is 11.6 Å². The van der Waals surface area contributed by atoms with Gasteiger partial charge in [-0.1, -0.05) is 23.7 Å². The van der Waals surface area contributed by atoms with Gasteiger partial charge in [0.1, 0.15) is 0 Å². The van der Waals surface area contributed by atoms with Crippen LogP contribution in [0.15, 0.2) is 42.5 Å². The first-order valence-electron chi connectivity index (χ1n) is 8.73. The van der Waals surface area contributed by atoms with E-state index in [9.17, 15) is 22.0 Å². The SMILES string of the molecule is O=C(Nc1ccc(F)c(F)c1)[C@@H]1CCCN(S(=O)(=O)Cc2cccc(Cl)c2)C1. The number of hydrogen-bond acceptors (Lipinski definition) is 3. The summed E-state index contributed by atoms with van der Waals surface area (Å²) in [6.45, 7) is 0.371. The van der Waals surface area contributed by atoms with E-state index in [0.29, 0.717) is 30.0 Å². The first-order chi connectivity index (χ1) is 13.2. The van der Waals surface area contributed by atoms with Crippen molar-refractivity contribution in [1.29, 1.82) is 0 Å². The van der Waals surface area contributed by atoms with Gasteiger partial charge in [-0.05, 0) is 42.7 Å². The van der Waals surface area contributed by atoms with Crippen LogP contribution in [-0.2, 0) is 20.6 Å². The molecular formula is C19H19ClF2N2O3S. The highest BCUT2D eigenvalue weighted by Gasteiger charge is 2.32. The van der Waals surface area contributed by atoms with Crippen LogP contribution in [0.4, 0.5) is 14.5 Å². The maximum Gasteiger partial charge on any atom is 0.228 e. The molecule has 1 saturated heterocycles. The lowest BCUT2D eigenvalue weighted by atomic mass is 9.98. The van der Waals surface area contributed by atoms with Gasteiger partial charge >= 0.3 is 0 Å². The Bertz CT molecular complexity index is 985. The van der Waals surface area contributed by atoms with Crippen molar-refractivity contribution in [3.8, 4) is 0 Å². The third kappa shape index (κ3) is 5.06. The van der Waals surface area contributed by atoms with E-state index in [0.717, 1.165) is 12.1 Å². The Morgan fingerprint density at radius 2 is 1.96 bits per heavy atom. The van der Waals surface area contributed by atoms with E-state index in [-0.39, 0.29) is 18.0 Å². The minimum absolute atomic E-state index is 0.0401. The zero-order valence-electron chi connectivity index (χ0n) is 14.9. The number of hydrogen-bond donors (Lipinski definition) is 1. The topological polar surface area (TPSA) is 66.5 Å². The van der Waals surface area contributed by atoms with Crippen molar-refractivity contribution in [1.82, 2.24) is 4.31 Å². The number of nitrogens with one attached hydrogen (secondary N) is 1. The molecule has 1 fully saturated rings. The van der Waals surface area contributed by atoms with E-state index in [1.165, 1.54) is 10.4 Å². The van der Waals surface area contributed by atoms with E-state index < -0.39 is 33.5 Å². The number of nitrogens with zero attached hydrogens (tertiary/aromatic N) is 1. The summed E-state index contributed by atoms with van der Waals surface area (Å²) in [5.41, 5.74) is 0.698. The van der Waals surface area contributed by atoms with Gasteiger partial charge in [-0.2, -0.15) is 0 Å². The molecule has 3 rings (SSSR count). The second kappa shape index (κ2) is 8.55. The van der Waals surface area contributed by atoms with Crippen LogP contribution >= 0.6 is 11.6 Å². The number of anilines is 1. The van der Waals surface area contributed by atoms with Crippen molar-refractivity contribution in [2.24, 2.45) is 5.92 Å². The van der Waals surface area contributed by atoms with Crippen LogP contribution in [0.1, 0.15) is 18.4 Å². The summed E-state index contributed by atoms with van der Waals surface area (Å²) in [5.74, 6) is -3.27. The average Bonchev–Trinajstić information content (AvgIpc) is 2.64. The first kappa shape index (κ1) is 20.7. The lowest BCUT2D eigenvalue weighted by Crippen LogP contribution is -2.44. The number of rotatable bonds is 5. The highest BCUT2D eigenvalue weighted by atomic mass is 35.5. The van der Waals surface area contributed by atoms with Crippen LogP contribution in [0.2, 0.25) is 5.02 Å². The van der Waals surface area contributed by atoms with Crippen LogP contribution in [-0.4, -0.2) is 31.7 Å². The Balaban J connectivity index is 1.67. The van der Waals surface area contributed by atoms with E-state index in [1.54, 1.807) is 24.3 Å². The number of halogens is 3. The number of sulfonamides is 1. The highest BCUT2D eigenvalue weighted by Crippen LogP contribution is 2.24. The molecule has 0 aliphatic carbocycles. The molecule has 0 bridgehead atoms. The van der Waals surface area contributed by atoms with Crippen molar-refractivity contribution in [3.05, 3.63) is 64.7 Å². The molecule has 2 aromatic carbocycles. The Morgan fingerprint density at radius 1 is 1.18 bits per heavy atom. The third-order valence-corrected chi connectivity index (χ3v) is 6.63. The van der Waals surface area contributed by atoms with Gasteiger partial charge in [0.15, 0.2) is 11.6 Å². The molecule has 1 heterocycles. The van der Waals surface area contributed by atoms with Crippen LogP contribution < -0.4 is 5.32 Å². The van der Waals surface area contributed by atoms with Crippen molar-refractivity contribution in [2.45, 2.75) is 18.6 Å². The number of amides is 1. The van der Waals surface area contributed by atoms with Gasteiger partial charge in [0.25, 0.3) is 0 Å². The minimum atomic E-state index is -3.62. The molecule has 28 heavy (non-hydrogen) atoms. The van der Waals surface area contributed by atoms with Crippen LogP contribution in [0, 0.1) is 17.6 Å². The van der Waals surface area contributed by atoms with Gasteiger partial charge in [-0.3, -0.25) is 4.79 Å². The molecule has 0 aromatic heterocycles. The number of carbonyl (C=O) groups is 1. The maximum absolute atomic E-state index is 13.3. The van der Waals surface area contributed by atoms with Gasteiger partial charge in [0.2, 0.25) is 15.9 Å². The molecule has 2 aromatic rings. The number of piperidine rings is 1. The summed E-state index contributed by atoms with van der Waals surface area (Å²) >= 11 is 5.91. The van der Waals surface area contributed by atoms with E-state index >= 15 is 0 Å². The van der Waals surface area contributed by atoms with Crippen LogP contribution in [0.3, 0.4) is 0 Å². The Kier molecular flexibility index (Phi) is 6.32. The fraction of sp³-hybridized carbons (Fsp3) is 0.316. The first-order valence-corrected chi connectivity index (χ1v) is 10.7.